The van der Waals surface area contributed by atoms with Crippen molar-refractivity contribution in [2.75, 3.05) is 0 Å². The van der Waals surface area contributed by atoms with Crippen LogP contribution in [0.2, 0.25) is 0 Å². The van der Waals surface area contributed by atoms with Gasteiger partial charge in [0.05, 0.1) is 24.1 Å². The van der Waals surface area contributed by atoms with Gasteiger partial charge in [-0.3, -0.25) is 9.59 Å². The summed E-state index contributed by atoms with van der Waals surface area (Å²) in [7, 11) is 0. The van der Waals surface area contributed by atoms with Crippen LogP contribution >= 0.6 is 0 Å². The number of nitrogens with zero attached hydrogens (tertiary/aromatic N) is 3. The van der Waals surface area contributed by atoms with Crippen molar-refractivity contribution in [3.63, 3.8) is 0 Å². The van der Waals surface area contributed by atoms with Crippen molar-refractivity contribution in [1.82, 2.24) is 20.3 Å². The Labute approximate surface area is 180 Å². The number of carbonyl (C=O) groups is 2. The molecular weight excluding hydrogens is 388 g/mol. The molecule has 0 fully saturated rings. The van der Waals surface area contributed by atoms with Crippen molar-refractivity contribution in [2.24, 2.45) is 0 Å². The van der Waals surface area contributed by atoms with E-state index >= 15 is 0 Å². The van der Waals surface area contributed by atoms with Crippen LogP contribution in [0.3, 0.4) is 0 Å². The summed E-state index contributed by atoms with van der Waals surface area (Å²) < 4.78 is 1.64. The number of benzene rings is 3. The number of carbonyl (C=O) groups excluding carboxylic acids is 2. The van der Waals surface area contributed by atoms with Crippen molar-refractivity contribution < 1.29 is 9.59 Å². The molecule has 4 aromatic rings. The molecule has 6 nitrogen and oxygen atoms in total. The van der Waals surface area contributed by atoms with Crippen LogP contribution in [0.5, 0.6) is 0 Å². The van der Waals surface area contributed by atoms with Gasteiger partial charge in [-0.2, -0.15) is 0 Å². The average molecular weight is 410 g/mol. The number of nitrogens with one attached hydrogen (secondary N) is 1. The first-order valence-electron chi connectivity index (χ1n) is 10.1. The molecule has 1 amide bonds. The van der Waals surface area contributed by atoms with Crippen molar-refractivity contribution in [2.45, 2.75) is 18.9 Å². The summed E-state index contributed by atoms with van der Waals surface area (Å²) >= 11 is 0. The molecule has 1 aromatic heterocycles. The van der Waals surface area contributed by atoms with Crippen LogP contribution in [0.15, 0.2) is 97.3 Å². The molecule has 1 atom stereocenters. The molecule has 0 aliphatic carbocycles. The summed E-state index contributed by atoms with van der Waals surface area (Å²) in [6, 6.07) is 25.5. The second-order valence-corrected chi connectivity index (χ2v) is 7.20. The second kappa shape index (κ2) is 9.63. The normalized spacial score (nSPS) is 11.6. The van der Waals surface area contributed by atoms with E-state index in [1.807, 2.05) is 60.7 Å². The van der Waals surface area contributed by atoms with Crippen LogP contribution in [-0.4, -0.2) is 32.7 Å². The molecule has 6 heteroatoms. The summed E-state index contributed by atoms with van der Waals surface area (Å²) in [4.78, 5) is 26.1. The average Bonchev–Trinajstić information content (AvgIpc) is 3.35. The summed E-state index contributed by atoms with van der Waals surface area (Å²) in [5.41, 5.74) is 3.13. The molecule has 1 heterocycles. The lowest BCUT2D eigenvalue weighted by Crippen LogP contribution is -2.43. The molecule has 4 rings (SSSR count). The quantitative estimate of drug-likeness (QED) is 0.483. The van der Waals surface area contributed by atoms with Gasteiger partial charge < -0.3 is 5.32 Å². The highest BCUT2D eigenvalue weighted by atomic mass is 16.2. The highest BCUT2D eigenvalue weighted by Crippen LogP contribution is 2.16. The van der Waals surface area contributed by atoms with Crippen LogP contribution in [0.1, 0.15) is 21.5 Å². The summed E-state index contributed by atoms with van der Waals surface area (Å²) in [5.74, 6) is -0.333. The predicted octanol–water partition coefficient (Wildman–Crippen LogP) is 3.42. The van der Waals surface area contributed by atoms with Crippen LogP contribution in [0.4, 0.5) is 0 Å². The van der Waals surface area contributed by atoms with Gasteiger partial charge in [-0.15, -0.1) is 5.10 Å². The molecule has 0 saturated heterocycles. The third-order valence-corrected chi connectivity index (χ3v) is 5.04. The standard InChI is InChI=1S/C25H22N4O2/c30-24(18-21-13-7-8-14-23(21)29-16-15-26-28-29)22(17-19-9-3-1-4-10-19)27-25(31)20-11-5-2-6-12-20/h1-16,22H,17-18H2,(H,27,31). The van der Waals surface area contributed by atoms with Gasteiger partial charge in [0.1, 0.15) is 0 Å². The first kappa shape index (κ1) is 20.2. The molecule has 0 saturated carbocycles. The number of hydrogen-bond acceptors (Lipinski definition) is 4. The van der Waals surface area contributed by atoms with Gasteiger partial charge >= 0.3 is 0 Å². The van der Waals surface area contributed by atoms with Crippen molar-refractivity contribution in [1.29, 1.82) is 0 Å². The number of Topliss-reactive ketones (excluding diaryl/α,β-unsaturated/α-hetero) is 1. The number of ketones is 1. The molecule has 31 heavy (non-hydrogen) atoms. The number of aromatic nitrogens is 3. The largest absolute Gasteiger partial charge is 0.342 e. The minimum Gasteiger partial charge on any atom is -0.342 e. The van der Waals surface area contributed by atoms with Gasteiger partial charge in [-0.1, -0.05) is 71.9 Å². The minimum atomic E-state index is -0.654. The molecule has 0 aliphatic heterocycles. The maximum atomic E-state index is 13.3. The number of amides is 1. The Bertz CT molecular complexity index is 1140. The molecule has 1 N–H and O–H groups in total. The lowest BCUT2D eigenvalue weighted by atomic mass is 9.96. The number of rotatable bonds is 8. The molecular formula is C25H22N4O2. The Morgan fingerprint density at radius 1 is 0.871 bits per heavy atom. The monoisotopic (exact) mass is 410 g/mol. The zero-order valence-corrected chi connectivity index (χ0v) is 16.9. The summed E-state index contributed by atoms with van der Waals surface area (Å²) in [6.45, 7) is 0. The van der Waals surface area contributed by atoms with Crippen LogP contribution in [0, 0.1) is 0 Å². The Morgan fingerprint density at radius 3 is 2.26 bits per heavy atom. The Balaban J connectivity index is 1.58. The predicted molar refractivity (Wildman–Crippen MR) is 118 cm³/mol. The topological polar surface area (TPSA) is 76.9 Å². The molecule has 1 unspecified atom stereocenters. The molecule has 0 bridgehead atoms. The maximum Gasteiger partial charge on any atom is 0.251 e. The molecule has 0 radical (unpaired) electrons. The van der Waals surface area contributed by atoms with E-state index in [9.17, 15) is 9.59 Å². The van der Waals surface area contributed by atoms with Crippen molar-refractivity contribution >= 4 is 11.7 Å². The molecule has 3 aromatic carbocycles. The fourth-order valence-electron chi connectivity index (χ4n) is 3.46. The van der Waals surface area contributed by atoms with Crippen LogP contribution < -0.4 is 5.32 Å². The zero-order valence-electron chi connectivity index (χ0n) is 16.9. The van der Waals surface area contributed by atoms with E-state index in [-0.39, 0.29) is 18.1 Å². The van der Waals surface area contributed by atoms with E-state index in [1.165, 1.54) is 0 Å². The SMILES string of the molecule is O=C(NC(Cc1ccccc1)C(=O)Cc1ccccc1-n1ccnn1)c1ccccc1. The first-order valence-corrected chi connectivity index (χ1v) is 10.1. The third-order valence-electron chi connectivity index (χ3n) is 5.04. The van der Waals surface area contributed by atoms with E-state index in [0.29, 0.717) is 12.0 Å². The smallest absolute Gasteiger partial charge is 0.251 e. The fourth-order valence-corrected chi connectivity index (χ4v) is 3.46. The zero-order chi connectivity index (χ0) is 21.5. The van der Waals surface area contributed by atoms with Crippen molar-refractivity contribution in [3.8, 4) is 5.69 Å². The molecule has 154 valence electrons. The van der Waals surface area contributed by atoms with E-state index < -0.39 is 6.04 Å². The lowest BCUT2D eigenvalue weighted by molar-refractivity contribution is -0.120. The second-order valence-electron chi connectivity index (χ2n) is 7.20. The van der Waals surface area contributed by atoms with Gasteiger partial charge in [0.25, 0.3) is 5.91 Å². The highest BCUT2D eigenvalue weighted by Gasteiger charge is 2.23. The van der Waals surface area contributed by atoms with E-state index in [4.69, 9.17) is 0 Å². The molecule has 0 spiro atoms. The van der Waals surface area contributed by atoms with Gasteiger partial charge in [-0.05, 0) is 35.7 Å². The highest BCUT2D eigenvalue weighted by molar-refractivity contribution is 5.98. The van der Waals surface area contributed by atoms with E-state index in [2.05, 4.69) is 15.6 Å². The van der Waals surface area contributed by atoms with Gasteiger partial charge in [-0.25, -0.2) is 4.68 Å². The molecule has 0 aliphatic rings. The van der Waals surface area contributed by atoms with E-state index in [1.54, 1.807) is 41.3 Å². The number of hydrogen-bond donors (Lipinski definition) is 1. The summed E-state index contributed by atoms with van der Waals surface area (Å²) in [6.07, 6.45) is 3.92. The third kappa shape index (κ3) is 5.11. The van der Waals surface area contributed by atoms with Gasteiger partial charge in [0.15, 0.2) is 5.78 Å². The summed E-state index contributed by atoms with van der Waals surface area (Å²) in [5, 5.41) is 10.8. The first-order chi connectivity index (χ1) is 15.2. The lowest BCUT2D eigenvalue weighted by Gasteiger charge is -2.19. The Hall–Kier alpha value is -4.06. The maximum absolute atomic E-state index is 13.3. The van der Waals surface area contributed by atoms with E-state index in [0.717, 1.165) is 16.8 Å². The Kier molecular flexibility index (Phi) is 6.28. The van der Waals surface area contributed by atoms with Crippen molar-refractivity contribution in [3.05, 3.63) is 114 Å². The number of para-hydroxylation sites is 1. The van der Waals surface area contributed by atoms with Gasteiger partial charge in [0.2, 0.25) is 0 Å². The van der Waals surface area contributed by atoms with Gasteiger partial charge in [0, 0.05) is 12.0 Å². The van der Waals surface area contributed by atoms with Crippen LogP contribution in [0.25, 0.3) is 5.69 Å². The van der Waals surface area contributed by atoms with Crippen LogP contribution in [-0.2, 0) is 17.6 Å². The minimum absolute atomic E-state index is 0.0688. The Morgan fingerprint density at radius 2 is 1.55 bits per heavy atom. The fraction of sp³-hybridized carbons (Fsp3) is 0.120.